The number of nitrogens with zero attached hydrogens (tertiary/aromatic N) is 1. The molecule has 0 spiro atoms. The topological polar surface area (TPSA) is 72.6 Å². The number of methoxy groups -OCH3 is 1. The summed E-state index contributed by atoms with van der Waals surface area (Å²) in [5.41, 5.74) is 3.15. The number of fused-ring (bicyclic) bond motifs is 1. The fourth-order valence-electron chi connectivity index (χ4n) is 2.98. The lowest BCUT2D eigenvalue weighted by Crippen LogP contribution is -2.00. The molecule has 116 valence electrons. The Labute approximate surface area is 136 Å². The third kappa shape index (κ3) is 2.63. The molecule has 0 atom stereocenters. The highest BCUT2D eigenvalue weighted by Crippen LogP contribution is 2.43. The summed E-state index contributed by atoms with van der Waals surface area (Å²) < 4.78 is 11.7. The average Bonchev–Trinajstić information content (AvgIpc) is 2.86. The van der Waals surface area contributed by atoms with Crippen molar-refractivity contribution < 1.29 is 19.2 Å². The zero-order valence-corrected chi connectivity index (χ0v) is 13.8. The molecule has 0 saturated carbocycles. The summed E-state index contributed by atoms with van der Waals surface area (Å²) in [6, 6.07) is 3.55. The van der Waals surface area contributed by atoms with E-state index in [0.717, 1.165) is 35.7 Å². The predicted molar refractivity (Wildman–Crippen MR) is 84.4 cm³/mol. The smallest absolute Gasteiger partial charge is 0.358 e. The monoisotopic (exact) mass is 365 g/mol. The third-order valence-electron chi connectivity index (χ3n) is 3.99. The number of aromatic nitrogens is 1. The number of hydrogen-bond acceptors (Lipinski definition) is 4. The van der Waals surface area contributed by atoms with Gasteiger partial charge in [0.2, 0.25) is 0 Å². The molecule has 0 radical (unpaired) electrons. The summed E-state index contributed by atoms with van der Waals surface area (Å²) in [5, 5.41) is 12.7. The van der Waals surface area contributed by atoms with Crippen LogP contribution in [0.2, 0.25) is 0 Å². The molecule has 22 heavy (non-hydrogen) atoms. The summed E-state index contributed by atoms with van der Waals surface area (Å²) in [6.45, 7) is 0. The number of carbonyl (C=O) groups is 1. The number of aromatic carboxylic acids is 1. The normalized spacial score (nSPS) is 14.3. The van der Waals surface area contributed by atoms with Crippen molar-refractivity contribution in [3.8, 4) is 17.1 Å². The first-order valence-electron chi connectivity index (χ1n) is 7.20. The molecule has 0 amide bonds. The highest BCUT2D eigenvalue weighted by molar-refractivity contribution is 9.10. The largest absolute Gasteiger partial charge is 0.495 e. The van der Waals surface area contributed by atoms with Crippen LogP contribution >= 0.6 is 15.9 Å². The molecular weight excluding hydrogens is 350 g/mol. The van der Waals surface area contributed by atoms with Gasteiger partial charge in [-0.05, 0) is 58.8 Å². The van der Waals surface area contributed by atoms with Gasteiger partial charge < -0.3 is 14.4 Å². The van der Waals surface area contributed by atoms with Crippen LogP contribution in [0.3, 0.4) is 0 Å². The molecule has 1 aromatic heterocycles. The van der Waals surface area contributed by atoms with E-state index in [0.29, 0.717) is 11.5 Å². The van der Waals surface area contributed by atoms with Crippen molar-refractivity contribution in [3.05, 3.63) is 33.4 Å². The Morgan fingerprint density at radius 3 is 2.77 bits per heavy atom. The second-order valence-corrected chi connectivity index (χ2v) is 6.20. The fraction of sp³-hybridized carbons (Fsp3) is 0.375. The first-order valence-corrected chi connectivity index (χ1v) is 7.99. The Bertz CT molecular complexity index is 723. The van der Waals surface area contributed by atoms with Crippen LogP contribution in [0, 0.1) is 0 Å². The Kier molecular flexibility index (Phi) is 4.20. The van der Waals surface area contributed by atoms with E-state index in [1.54, 1.807) is 7.11 Å². The van der Waals surface area contributed by atoms with Crippen LogP contribution in [-0.4, -0.2) is 23.3 Å². The van der Waals surface area contributed by atoms with Gasteiger partial charge in [-0.15, -0.1) is 0 Å². The van der Waals surface area contributed by atoms with Gasteiger partial charge in [-0.1, -0.05) is 11.6 Å². The highest BCUT2D eigenvalue weighted by atomic mass is 79.9. The van der Waals surface area contributed by atoms with Crippen LogP contribution in [0.25, 0.3) is 11.3 Å². The molecule has 2 aromatic rings. The van der Waals surface area contributed by atoms with Gasteiger partial charge >= 0.3 is 5.97 Å². The minimum absolute atomic E-state index is 0.0978. The molecule has 1 aromatic carbocycles. The van der Waals surface area contributed by atoms with Crippen molar-refractivity contribution >= 4 is 21.9 Å². The quantitative estimate of drug-likeness (QED) is 0.829. The van der Waals surface area contributed by atoms with Gasteiger partial charge in [0.1, 0.15) is 5.75 Å². The maximum absolute atomic E-state index is 11.0. The second-order valence-electron chi connectivity index (χ2n) is 5.35. The number of carboxylic acid groups (broad SMARTS) is 1. The standard InChI is InChI=1S/C16H16BrNO4/c1-21-15-11(17)7-9-5-3-2-4-6-10(9)14(15)13-8-12(16(19)20)18-22-13/h7-8H,2-6H2,1H3,(H,19,20). The molecule has 3 rings (SSSR count). The van der Waals surface area contributed by atoms with E-state index in [1.807, 2.05) is 0 Å². The SMILES string of the molecule is COc1c(Br)cc2c(c1-c1cc(C(=O)O)no1)CCCCC2. The van der Waals surface area contributed by atoms with E-state index in [-0.39, 0.29) is 5.69 Å². The van der Waals surface area contributed by atoms with E-state index in [4.69, 9.17) is 14.4 Å². The van der Waals surface area contributed by atoms with Gasteiger partial charge in [-0.3, -0.25) is 0 Å². The Balaban J connectivity index is 2.22. The van der Waals surface area contributed by atoms with Crippen molar-refractivity contribution in [1.82, 2.24) is 5.16 Å². The van der Waals surface area contributed by atoms with E-state index in [1.165, 1.54) is 23.6 Å². The lowest BCUT2D eigenvalue weighted by molar-refractivity contribution is 0.0686. The number of hydrogen-bond donors (Lipinski definition) is 1. The summed E-state index contributed by atoms with van der Waals surface area (Å²) in [4.78, 5) is 11.0. The zero-order valence-electron chi connectivity index (χ0n) is 12.2. The Hall–Kier alpha value is -1.82. The summed E-state index contributed by atoms with van der Waals surface area (Å²) in [6.07, 6.45) is 5.37. The maximum atomic E-state index is 11.0. The zero-order chi connectivity index (χ0) is 15.7. The van der Waals surface area contributed by atoms with Crippen LogP contribution in [0.1, 0.15) is 40.9 Å². The molecule has 1 aliphatic carbocycles. The maximum Gasteiger partial charge on any atom is 0.358 e. The van der Waals surface area contributed by atoms with Crippen LogP contribution in [-0.2, 0) is 12.8 Å². The summed E-state index contributed by atoms with van der Waals surface area (Å²) >= 11 is 3.54. The molecule has 5 nitrogen and oxygen atoms in total. The molecule has 0 aliphatic heterocycles. The summed E-state index contributed by atoms with van der Waals surface area (Å²) in [5.74, 6) is -0.00232. The first-order chi connectivity index (χ1) is 10.6. The van der Waals surface area contributed by atoms with Crippen LogP contribution in [0.5, 0.6) is 5.75 Å². The van der Waals surface area contributed by atoms with E-state index in [9.17, 15) is 4.79 Å². The number of halogens is 1. The van der Waals surface area contributed by atoms with Crippen molar-refractivity contribution in [1.29, 1.82) is 0 Å². The number of carboxylic acids is 1. The molecule has 1 N–H and O–H groups in total. The number of rotatable bonds is 3. The van der Waals surface area contributed by atoms with E-state index >= 15 is 0 Å². The highest BCUT2D eigenvalue weighted by Gasteiger charge is 2.24. The molecule has 6 heteroatoms. The average molecular weight is 366 g/mol. The van der Waals surface area contributed by atoms with Crippen LogP contribution in [0.15, 0.2) is 21.1 Å². The van der Waals surface area contributed by atoms with E-state index < -0.39 is 5.97 Å². The van der Waals surface area contributed by atoms with Crippen molar-refractivity contribution in [3.63, 3.8) is 0 Å². The van der Waals surface area contributed by atoms with Gasteiger partial charge in [0.05, 0.1) is 17.1 Å². The third-order valence-corrected chi connectivity index (χ3v) is 4.58. The molecular formula is C16H16BrNO4. The van der Waals surface area contributed by atoms with Gasteiger partial charge in [0.15, 0.2) is 11.5 Å². The summed E-state index contributed by atoms with van der Waals surface area (Å²) in [7, 11) is 1.60. The van der Waals surface area contributed by atoms with Gasteiger partial charge in [-0.2, -0.15) is 0 Å². The van der Waals surface area contributed by atoms with Crippen LogP contribution < -0.4 is 4.74 Å². The molecule has 0 fully saturated rings. The molecule has 1 heterocycles. The number of aryl methyl sites for hydroxylation is 1. The minimum Gasteiger partial charge on any atom is -0.495 e. The van der Waals surface area contributed by atoms with Crippen molar-refractivity contribution in [2.45, 2.75) is 32.1 Å². The Morgan fingerprint density at radius 1 is 1.32 bits per heavy atom. The van der Waals surface area contributed by atoms with Crippen molar-refractivity contribution in [2.75, 3.05) is 7.11 Å². The Morgan fingerprint density at radius 2 is 2.09 bits per heavy atom. The number of ether oxygens (including phenoxy) is 1. The van der Waals surface area contributed by atoms with Crippen LogP contribution in [0.4, 0.5) is 0 Å². The number of benzene rings is 1. The lowest BCUT2D eigenvalue weighted by atomic mass is 9.94. The minimum atomic E-state index is -1.10. The van der Waals surface area contributed by atoms with Gasteiger partial charge in [0.25, 0.3) is 0 Å². The fourth-order valence-corrected chi connectivity index (χ4v) is 3.62. The van der Waals surface area contributed by atoms with E-state index in [2.05, 4.69) is 27.2 Å². The van der Waals surface area contributed by atoms with Gasteiger partial charge in [-0.25, -0.2) is 4.79 Å². The second kappa shape index (κ2) is 6.12. The van der Waals surface area contributed by atoms with Gasteiger partial charge in [0, 0.05) is 6.07 Å². The predicted octanol–water partition coefficient (Wildman–Crippen LogP) is 4.08. The molecule has 0 bridgehead atoms. The molecule has 0 saturated heterocycles. The first kappa shape index (κ1) is 15.1. The molecule has 1 aliphatic rings. The lowest BCUT2D eigenvalue weighted by Gasteiger charge is -2.16. The molecule has 0 unspecified atom stereocenters. The van der Waals surface area contributed by atoms with Crippen molar-refractivity contribution in [2.24, 2.45) is 0 Å².